The van der Waals surface area contributed by atoms with Crippen LogP contribution in [0.5, 0.6) is 0 Å². The molecule has 0 aliphatic carbocycles. The van der Waals surface area contributed by atoms with Crippen LogP contribution in [-0.4, -0.2) is 22.2 Å². The Bertz CT molecular complexity index is 1620. The van der Waals surface area contributed by atoms with Crippen LogP contribution in [0, 0.1) is 26.2 Å². The van der Waals surface area contributed by atoms with Crippen LogP contribution in [0.2, 0.25) is 0 Å². The summed E-state index contributed by atoms with van der Waals surface area (Å²) < 4.78 is 0. The van der Waals surface area contributed by atoms with E-state index in [4.69, 9.17) is 15.0 Å². The minimum Gasteiger partial charge on any atom is -0.509 e. The molecule has 2 N–H and O–H groups in total. The number of hydrogen-bond donors (Lipinski definition) is 2. The summed E-state index contributed by atoms with van der Waals surface area (Å²) in [6.45, 7) is 12.5. The number of fused-ring (bicyclic) bond motifs is 5. The minimum absolute atomic E-state index is 0.290. The van der Waals surface area contributed by atoms with Crippen molar-refractivity contribution in [2.75, 3.05) is 0 Å². The van der Waals surface area contributed by atoms with Gasteiger partial charge < -0.3 is 10.4 Å². The van der Waals surface area contributed by atoms with Crippen molar-refractivity contribution < 1.29 is 5.11 Å². The number of hydrogen-bond acceptors (Lipinski definition) is 5. The van der Waals surface area contributed by atoms with Crippen molar-refractivity contribution in [3.05, 3.63) is 123 Å². The molecule has 1 aromatic rings. The van der Waals surface area contributed by atoms with Gasteiger partial charge in [0.05, 0.1) is 45.3 Å². The van der Waals surface area contributed by atoms with Gasteiger partial charge in [-0.25, -0.2) is 15.0 Å². The van der Waals surface area contributed by atoms with E-state index in [1.165, 1.54) is 16.7 Å². The lowest BCUT2D eigenvalue weighted by Gasteiger charge is -2.19. The highest BCUT2D eigenvalue weighted by Gasteiger charge is 2.37. The Morgan fingerprint density at radius 2 is 1.46 bits per heavy atom. The predicted molar refractivity (Wildman–Crippen MR) is 153 cm³/mol. The normalized spacial score (nSPS) is 21.4. The Kier molecular flexibility index (Phi) is 5.09. The Labute approximate surface area is 217 Å². The third-order valence-corrected chi connectivity index (χ3v) is 7.54. The highest BCUT2D eigenvalue weighted by Crippen LogP contribution is 2.41. The number of aliphatic hydroxyl groups is 1. The molecule has 8 bridgehead atoms. The molecule has 0 atom stereocenters. The van der Waals surface area contributed by atoms with Crippen LogP contribution in [0.15, 0.2) is 116 Å². The van der Waals surface area contributed by atoms with E-state index in [0.717, 1.165) is 56.6 Å². The van der Waals surface area contributed by atoms with Gasteiger partial charge in [-0.1, -0.05) is 17.7 Å². The van der Waals surface area contributed by atoms with Gasteiger partial charge in [0.15, 0.2) is 0 Å². The van der Waals surface area contributed by atoms with Gasteiger partial charge in [-0.2, -0.15) is 0 Å². The van der Waals surface area contributed by atoms with Crippen molar-refractivity contribution in [3.63, 3.8) is 0 Å². The van der Waals surface area contributed by atoms with Gasteiger partial charge >= 0.3 is 0 Å². The average Bonchev–Trinajstić information content (AvgIpc) is 3.62. The molecule has 0 saturated heterocycles. The van der Waals surface area contributed by atoms with E-state index < -0.39 is 5.41 Å². The fourth-order valence-corrected chi connectivity index (χ4v) is 5.51. The zero-order chi connectivity index (χ0) is 26.1. The van der Waals surface area contributed by atoms with E-state index in [9.17, 15) is 5.11 Å². The first kappa shape index (κ1) is 23.2. The minimum atomic E-state index is -0.567. The first-order valence-electron chi connectivity index (χ1n) is 12.6. The van der Waals surface area contributed by atoms with E-state index in [-0.39, 0.29) is 0 Å². The zero-order valence-electron chi connectivity index (χ0n) is 22.1. The van der Waals surface area contributed by atoms with Crippen molar-refractivity contribution in [1.29, 1.82) is 0 Å². The van der Waals surface area contributed by atoms with Gasteiger partial charge in [-0.3, -0.25) is 0 Å². The maximum atomic E-state index is 11.1. The molecule has 6 rings (SSSR count). The lowest BCUT2D eigenvalue weighted by molar-refractivity contribution is 0.301. The molecule has 0 spiro atoms. The quantitative estimate of drug-likeness (QED) is 0.458. The number of rotatable bonds is 1. The molecule has 0 radical (unpaired) electrons. The van der Waals surface area contributed by atoms with Crippen LogP contribution < -0.4 is 5.32 Å². The topological polar surface area (TPSA) is 69.3 Å². The van der Waals surface area contributed by atoms with Crippen LogP contribution in [0.1, 0.15) is 43.0 Å². The summed E-state index contributed by atoms with van der Waals surface area (Å²) in [4.78, 5) is 15.0. The van der Waals surface area contributed by atoms with Gasteiger partial charge in [-0.15, -0.1) is 0 Å². The average molecular weight is 487 g/mol. The zero-order valence-corrected chi connectivity index (χ0v) is 22.1. The molecule has 5 aliphatic rings. The number of allylic oxidation sites excluding steroid dienone is 10. The standard InChI is InChI=1S/C32H30N4O/c1-17-13-18(2)29(19(3)14-17)30-25-10-8-21(34-25)15-27-31(37)32(5,6)28(36-27)16-22-7-9-23(33-22)20(4)24-11-12-26(30)35-24/h7-16,36-37H,1-6H3. The second-order valence-corrected chi connectivity index (χ2v) is 10.7. The van der Waals surface area contributed by atoms with E-state index in [0.29, 0.717) is 11.5 Å². The van der Waals surface area contributed by atoms with Crippen LogP contribution in [0.4, 0.5) is 0 Å². The molecule has 0 saturated carbocycles. The first-order valence-corrected chi connectivity index (χ1v) is 12.6. The van der Waals surface area contributed by atoms with Gasteiger partial charge in [0.2, 0.25) is 0 Å². The summed E-state index contributed by atoms with van der Waals surface area (Å²) in [6, 6.07) is 4.42. The highest BCUT2D eigenvalue weighted by atomic mass is 16.3. The number of aliphatic imine (C=N–C) groups is 3. The van der Waals surface area contributed by atoms with Crippen LogP contribution >= 0.6 is 0 Å². The summed E-state index contributed by atoms with van der Waals surface area (Å²) in [5.41, 5.74) is 12.9. The molecule has 5 heteroatoms. The smallest absolute Gasteiger partial charge is 0.127 e. The molecule has 1 aromatic carbocycles. The molecule has 37 heavy (non-hydrogen) atoms. The summed E-state index contributed by atoms with van der Waals surface area (Å²) in [7, 11) is 0. The molecule has 5 nitrogen and oxygen atoms in total. The summed E-state index contributed by atoms with van der Waals surface area (Å²) in [5.74, 6) is 0.290. The third kappa shape index (κ3) is 3.73. The fourth-order valence-electron chi connectivity index (χ4n) is 5.51. The molecule has 0 amide bonds. The third-order valence-electron chi connectivity index (χ3n) is 7.54. The number of aliphatic hydroxyl groups excluding tert-OH is 1. The molecule has 5 aliphatic heterocycles. The van der Waals surface area contributed by atoms with Crippen molar-refractivity contribution in [2.24, 2.45) is 20.4 Å². The van der Waals surface area contributed by atoms with Crippen molar-refractivity contribution in [1.82, 2.24) is 5.32 Å². The fraction of sp³-hybridized carbons (Fsp3) is 0.219. The second-order valence-electron chi connectivity index (χ2n) is 10.7. The summed E-state index contributed by atoms with van der Waals surface area (Å²) in [5, 5.41) is 14.5. The van der Waals surface area contributed by atoms with E-state index in [2.05, 4.69) is 57.3 Å². The van der Waals surface area contributed by atoms with E-state index >= 15 is 0 Å². The number of aryl methyl sites for hydroxylation is 3. The summed E-state index contributed by atoms with van der Waals surface area (Å²) in [6.07, 6.45) is 16.1. The van der Waals surface area contributed by atoms with Crippen molar-refractivity contribution >= 4 is 22.7 Å². The molecule has 0 unspecified atom stereocenters. The molecule has 0 aromatic heterocycles. The van der Waals surface area contributed by atoms with Gasteiger partial charge in [0.1, 0.15) is 5.76 Å². The van der Waals surface area contributed by atoms with Crippen molar-refractivity contribution in [2.45, 2.75) is 41.5 Å². The van der Waals surface area contributed by atoms with E-state index in [1.54, 1.807) is 0 Å². The Hall–Kier alpha value is -4.25. The SMILES string of the molecule is CC1=C2C=CC(=N2)C=C2NC(=C(O)C2(C)C)C=C2C=CC(=N2)C(c2c(C)cc(C)cc2C)=C2C=CC1=N2. The van der Waals surface area contributed by atoms with Crippen LogP contribution in [0.3, 0.4) is 0 Å². The maximum Gasteiger partial charge on any atom is 0.127 e. The number of nitrogens with zero attached hydrogens (tertiary/aromatic N) is 3. The Morgan fingerprint density at radius 1 is 0.757 bits per heavy atom. The van der Waals surface area contributed by atoms with Gasteiger partial charge in [0, 0.05) is 16.8 Å². The monoisotopic (exact) mass is 486 g/mol. The van der Waals surface area contributed by atoms with Crippen LogP contribution in [-0.2, 0) is 0 Å². The highest BCUT2D eigenvalue weighted by molar-refractivity contribution is 6.33. The molecule has 0 fully saturated rings. The summed E-state index contributed by atoms with van der Waals surface area (Å²) >= 11 is 0. The first-order chi connectivity index (χ1) is 17.6. The number of nitrogens with one attached hydrogen (secondary N) is 1. The maximum absolute atomic E-state index is 11.1. The van der Waals surface area contributed by atoms with Crippen LogP contribution in [0.25, 0.3) is 5.57 Å². The predicted octanol–water partition coefficient (Wildman–Crippen LogP) is 6.81. The van der Waals surface area contributed by atoms with Gasteiger partial charge in [0.25, 0.3) is 0 Å². The number of benzene rings is 1. The molecular weight excluding hydrogens is 456 g/mol. The Morgan fingerprint density at radius 3 is 2.22 bits per heavy atom. The lowest BCUT2D eigenvalue weighted by Crippen LogP contribution is -2.18. The largest absolute Gasteiger partial charge is 0.509 e. The molecular formula is C32H30N4O. The molecule has 184 valence electrons. The van der Waals surface area contributed by atoms with Gasteiger partial charge in [-0.05, 0) is 107 Å². The molecule has 5 heterocycles. The van der Waals surface area contributed by atoms with E-state index in [1.807, 2.05) is 50.3 Å². The lowest BCUT2D eigenvalue weighted by atomic mass is 9.88. The second kappa shape index (κ2) is 8.13. The van der Waals surface area contributed by atoms with Crippen molar-refractivity contribution in [3.8, 4) is 0 Å². The Balaban J connectivity index is 1.63.